The molecule has 0 radical (unpaired) electrons. The van der Waals surface area contributed by atoms with Crippen molar-refractivity contribution in [1.29, 1.82) is 0 Å². The van der Waals surface area contributed by atoms with Gasteiger partial charge in [0, 0.05) is 19.2 Å². The lowest BCUT2D eigenvalue weighted by molar-refractivity contribution is -0.146. The van der Waals surface area contributed by atoms with Crippen LogP contribution in [0.3, 0.4) is 0 Å². The molecule has 2 amide bonds. The van der Waals surface area contributed by atoms with Crippen LogP contribution in [0.15, 0.2) is 48.5 Å². The molecule has 0 aliphatic rings. The van der Waals surface area contributed by atoms with E-state index < -0.39 is 11.3 Å². The maximum absolute atomic E-state index is 13.1. The van der Waals surface area contributed by atoms with Crippen molar-refractivity contribution in [2.24, 2.45) is 5.41 Å². The number of nitrogens with one attached hydrogen (secondary N) is 1. The van der Waals surface area contributed by atoms with Crippen molar-refractivity contribution in [3.05, 3.63) is 54.1 Å². The standard InChI is InChI=1S/C22H28N2O4/c1-6-24(15-16-10-8-7-9-11-16)21(26)22(2,3)20(25)23-18-14-17(27-4)12-13-19(18)28-5/h7-14H,6,15H2,1-5H3,(H,23,25). The molecular formula is C22H28N2O4. The number of carbonyl (C=O) groups is 2. The zero-order valence-electron chi connectivity index (χ0n) is 17.1. The molecule has 0 aliphatic carbocycles. The Kier molecular flexibility index (Phi) is 7.04. The van der Waals surface area contributed by atoms with Crippen molar-refractivity contribution in [3.63, 3.8) is 0 Å². The molecule has 0 unspecified atom stereocenters. The van der Waals surface area contributed by atoms with E-state index >= 15 is 0 Å². The summed E-state index contributed by atoms with van der Waals surface area (Å²) in [4.78, 5) is 27.8. The maximum atomic E-state index is 13.1. The van der Waals surface area contributed by atoms with Crippen LogP contribution >= 0.6 is 0 Å². The fraction of sp³-hybridized carbons (Fsp3) is 0.364. The summed E-state index contributed by atoms with van der Waals surface area (Å²) in [5.74, 6) is 0.433. The van der Waals surface area contributed by atoms with Gasteiger partial charge in [-0.05, 0) is 38.5 Å². The molecular weight excluding hydrogens is 356 g/mol. The number of rotatable bonds is 8. The van der Waals surface area contributed by atoms with E-state index in [4.69, 9.17) is 9.47 Å². The Bertz CT molecular complexity index is 819. The van der Waals surface area contributed by atoms with Crippen molar-refractivity contribution in [1.82, 2.24) is 4.90 Å². The Balaban J connectivity index is 2.19. The predicted octanol–water partition coefficient (Wildman–Crippen LogP) is 3.72. The van der Waals surface area contributed by atoms with E-state index in [0.29, 0.717) is 30.3 Å². The van der Waals surface area contributed by atoms with Crippen LogP contribution in [-0.4, -0.2) is 37.5 Å². The molecule has 0 spiro atoms. The average Bonchev–Trinajstić information content (AvgIpc) is 2.72. The highest BCUT2D eigenvalue weighted by molar-refractivity contribution is 6.10. The number of hydrogen-bond donors (Lipinski definition) is 1. The number of nitrogens with zero attached hydrogens (tertiary/aromatic N) is 1. The smallest absolute Gasteiger partial charge is 0.239 e. The summed E-state index contributed by atoms with van der Waals surface area (Å²) in [5.41, 5.74) is 0.223. The normalized spacial score (nSPS) is 10.9. The fourth-order valence-corrected chi connectivity index (χ4v) is 2.81. The van der Waals surface area contributed by atoms with Gasteiger partial charge in [0.1, 0.15) is 16.9 Å². The predicted molar refractivity (Wildman–Crippen MR) is 109 cm³/mol. The van der Waals surface area contributed by atoms with Gasteiger partial charge in [-0.15, -0.1) is 0 Å². The molecule has 28 heavy (non-hydrogen) atoms. The van der Waals surface area contributed by atoms with Crippen molar-refractivity contribution in [2.45, 2.75) is 27.3 Å². The van der Waals surface area contributed by atoms with Crippen LogP contribution in [0, 0.1) is 5.41 Å². The Morgan fingerprint density at radius 2 is 1.71 bits per heavy atom. The van der Waals surface area contributed by atoms with Crippen LogP contribution in [0.1, 0.15) is 26.3 Å². The van der Waals surface area contributed by atoms with Gasteiger partial charge in [-0.1, -0.05) is 30.3 Å². The summed E-state index contributed by atoms with van der Waals surface area (Å²) < 4.78 is 10.5. The molecule has 0 fully saturated rings. The van der Waals surface area contributed by atoms with E-state index in [-0.39, 0.29) is 5.91 Å². The molecule has 1 N–H and O–H groups in total. The lowest BCUT2D eigenvalue weighted by atomic mass is 9.89. The molecule has 0 bridgehead atoms. The number of hydrogen-bond acceptors (Lipinski definition) is 4. The van der Waals surface area contributed by atoms with Crippen LogP contribution < -0.4 is 14.8 Å². The van der Waals surface area contributed by atoms with E-state index in [2.05, 4.69) is 5.32 Å². The minimum atomic E-state index is -1.25. The molecule has 0 aromatic heterocycles. The highest BCUT2D eigenvalue weighted by Crippen LogP contribution is 2.31. The number of carbonyl (C=O) groups excluding carboxylic acids is 2. The minimum Gasteiger partial charge on any atom is -0.497 e. The van der Waals surface area contributed by atoms with Crippen LogP contribution in [-0.2, 0) is 16.1 Å². The first-order chi connectivity index (χ1) is 13.3. The summed E-state index contributed by atoms with van der Waals surface area (Å²) in [6.07, 6.45) is 0. The third-order valence-corrected chi connectivity index (χ3v) is 4.64. The Morgan fingerprint density at radius 3 is 2.29 bits per heavy atom. The molecule has 0 aliphatic heterocycles. The second kappa shape index (κ2) is 9.26. The van der Waals surface area contributed by atoms with E-state index in [9.17, 15) is 9.59 Å². The minimum absolute atomic E-state index is 0.238. The fourth-order valence-electron chi connectivity index (χ4n) is 2.81. The average molecular weight is 384 g/mol. The Morgan fingerprint density at radius 1 is 1.04 bits per heavy atom. The molecule has 2 aromatic carbocycles. The van der Waals surface area contributed by atoms with E-state index in [1.165, 1.54) is 7.11 Å². The Hall–Kier alpha value is -3.02. The van der Waals surface area contributed by atoms with E-state index in [0.717, 1.165) is 5.56 Å². The third kappa shape index (κ3) is 4.82. The number of ether oxygens (including phenoxy) is 2. The summed E-state index contributed by atoms with van der Waals surface area (Å²) in [6.45, 7) is 6.12. The van der Waals surface area contributed by atoms with Gasteiger partial charge in [0.15, 0.2) is 0 Å². The number of amides is 2. The van der Waals surface area contributed by atoms with Gasteiger partial charge < -0.3 is 19.7 Å². The maximum Gasteiger partial charge on any atom is 0.239 e. The molecule has 0 atom stereocenters. The topological polar surface area (TPSA) is 67.9 Å². The molecule has 0 saturated heterocycles. The molecule has 150 valence electrons. The van der Waals surface area contributed by atoms with E-state index in [1.54, 1.807) is 44.1 Å². The molecule has 0 saturated carbocycles. The molecule has 6 heteroatoms. The van der Waals surface area contributed by atoms with Gasteiger partial charge in [0.2, 0.25) is 11.8 Å². The number of anilines is 1. The first-order valence-electron chi connectivity index (χ1n) is 9.20. The lowest BCUT2D eigenvalue weighted by Crippen LogP contribution is -2.47. The molecule has 2 aromatic rings. The second-order valence-electron chi connectivity index (χ2n) is 6.95. The zero-order chi connectivity index (χ0) is 20.7. The van der Waals surface area contributed by atoms with Crippen molar-refractivity contribution < 1.29 is 19.1 Å². The van der Waals surface area contributed by atoms with Crippen molar-refractivity contribution >= 4 is 17.5 Å². The first kappa shape index (κ1) is 21.3. The second-order valence-corrected chi connectivity index (χ2v) is 6.95. The first-order valence-corrected chi connectivity index (χ1v) is 9.20. The Labute approximate surface area is 166 Å². The van der Waals surface area contributed by atoms with Crippen LogP contribution in [0.5, 0.6) is 11.5 Å². The third-order valence-electron chi connectivity index (χ3n) is 4.64. The van der Waals surface area contributed by atoms with Crippen LogP contribution in [0.25, 0.3) is 0 Å². The largest absolute Gasteiger partial charge is 0.497 e. The number of benzene rings is 2. The van der Waals surface area contributed by atoms with Gasteiger partial charge in [0.05, 0.1) is 19.9 Å². The number of methoxy groups -OCH3 is 2. The SMILES string of the molecule is CCN(Cc1ccccc1)C(=O)C(C)(C)C(=O)Nc1cc(OC)ccc1OC. The summed E-state index contributed by atoms with van der Waals surface area (Å²) in [6, 6.07) is 14.8. The van der Waals surface area contributed by atoms with Gasteiger partial charge in [0.25, 0.3) is 0 Å². The zero-order valence-corrected chi connectivity index (χ0v) is 17.1. The monoisotopic (exact) mass is 384 g/mol. The van der Waals surface area contributed by atoms with Gasteiger partial charge in [-0.25, -0.2) is 0 Å². The van der Waals surface area contributed by atoms with E-state index in [1.807, 2.05) is 37.3 Å². The summed E-state index contributed by atoms with van der Waals surface area (Å²) >= 11 is 0. The molecule has 6 nitrogen and oxygen atoms in total. The highest BCUT2D eigenvalue weighted by Gasteiger charge is 2.39. The van der Waals surface area contributed by atoms with Crippen LogP contribution in [0.2, 0.25) is 0 Å². The summed E-state index contributed by atoms with van der Waals surface area (Å²) in [5, 5.41) is 2.81. The molecule has 0 heterocycles. The van der Waals surface area contributed by atoms with Gasteiger partial charge >= 0.3 is 0 Å². The molecule has 2 rings (SSSR count). The van der Waals surface area contributed by atoms with Gasteiger partial charge in [-0.3, -0.25) is 9.59 Å². The van der Waals surface area contributed by atoms with Crippen LogP contribution in [0.4, 0.5) is 5.69 Å². The summed E-state index contributed by atoms with van der Waals surface area (Å²) in [7, 11) is 3.07. The highest BCUT2D eigenvalue weighted by atomic mass is 16.5. The van der Waals surface area contributed by atoms with Crippen molar-refractivity contribution in [3.8, 4) is 11.5 Å². The van der Waals surface area contributed by atoms with Gasteiger partial charge in [-0.2, -0.15) is 0 Å². The quantitative estimate of drug-likeness (QED) is 0.705. The van der Waals surface area contributed by atoms with Crippen molar-refractivity contribution in [2.75, 3.05) is 26.1 Å². The lowest BCUT2D eigenvalue weighted by Gasteiger charge is -2.30.